The molecule has 0 saturated carbocycles. The predicted molar refractivity (Wildman–Crippen MR) is 63.0 cm³/mol. The third kappa shape index (κ3) is 1.81. The Morgan fingerprint density at radius 2 is 2.06 bits per heavy atom. The van der Waals surface area contributed by atoms with Crippen LogP contribution in [0.25, 0.3) is 11.0 Å². The van der Waals surface area contributed by atoms with Crippen molar-refractivity contribution >= 4 is 11.0 Å². The maximum Gasteiger partial charge on any atom is 0.291 e. The maximum atomic E-state index is 12.0. The Morgan fingerprint density at radius 1 is 1.31 bits per heavy atom. The Labute approximate surface area is 93.7 Å². The minimum atomic E-state index is -0.0204. The van der Waals surface area contributed by atoms with Gasteiger partial charge in [-0.25, -0.2) is 0 Å². The normalized spacial score (nSPS) is 10.6. The summed E-state index contributed by atoms with van der Waals surface area (Å²) in [7, 11) is 0. The first-order valence-electron chi connectivity index (χ1n) is 5.39. The first-order chi connectivity index (χ1) is 7.74. The molecule has 0 radical (unpaired) electrons. The van der Waals surface area contributed by atoms with E-state index in [1.54, 1.807) is 19.1 Å². The number of fused-ring (bicyclic) bond motifs is 1. The molecule has 0 bridgehead atoms. The van der Waals surface area contributed by atoms with Crippen LogP contribution in [0.3, 0.4) is 0 Å². The van der Waals surface area contributed by atoms with E-state index >= 15 is 0 Å². The van der Waals surface area contributed by atoms with Gasteiger partial charge in [0.1, 0.15) is 5.58 Å². The van der Waals surface area contributed by atoms with E-state index in [4.69, 9.17) is 9.15 Å². The molecule has 0 saturated heterocycles. The summed E-state index contributed by atoms with van der Waals surface area (Å²) in [5, 5.41) is 0.601. The van der Waals surface area contributed by atoms with E-state index in [-0.39, 0.29) is 5.43 Å². The van der Waals surface area contributed by atoms with E-state index in [9.17, 15) is 4.79 Å². The van der Waals surface area contributed by atoms with Crippen LogP contribution in [0.1, 0.15) is 18.9 Å². The van der Waals surface area contributed by atoms with Gasteiger partial charge in [-0.15, -0.1) is 0 Å². The summed E-state index contributed by atoms with van der Waals surface area (Å²) in [4.78, 5) is 12.0. The van der Waals surface area contributed by atoms with Crippen LogP contribution in [0.15, 0.2) is 33.5 Å². The average molecular weight is 218 g/mol. The molecular weight excluding hydrogens is 204 g/mol. The lowest BCUT2D eigenvalue weighted by Gasteiger charge is -2.07. The van der Waals surface area contributed by atoms with Crippen molar-refractivity contribution in [2.75, 3.05) is 6.61 Å². The minimum Gasteiger partial charge on any atom is -0.465 e. The van der Waals surface area contributed by atoms with E-state index < -0.39 is 0 Å². The van der Waals surface area contributed by atoms with Crippen molar-refractivity contribution in [3.8, 4) is 5.95 Å². The summed E-state index contributed by atoms with van der Waals surface area (Å²) in [6.45, 7) is 4.29. The molecule has 2 aromatic rings. The number of benzene rings is 1. The van der Waals surface area contributed by atoms with Crippen LogP contribution in [-0.2, 0) is 0 Å². The third-order valence-electron chi connectivity index (χ3n) is 2.42. The fourth-order valence-electron chi connectivity index (χ4n) is 1.55. The quantitative estimate of drug-likeness (QED) is 0.795. The first-order valence-corrected chi connectivity index (χ1v) is 5.39. The molecular formula is C13H14O3. The van der Waals surface area contributed by atoms with Crippen LogP contribution < -0.4 is 10.2 Å². The molecule has 0 spiro atoms. The van der Waals surface area contributed by atoms with E-state index in [1.807, 2.05) is 19.1 Å². The number of rotatable bonds is 3. The number of hydrogen-bond donors (Lipinski definition) is 0. The fraction of sp³-hybridized carbons (Fsp3) is 0.308. The molecule has 84 valence electrons. The second-order valence-electron chi connectivity index (χ2n) is 3.69. The van der Waals surface area contributed by atoms with Crippen molar-refractivity contribution < 1.29 is 9.15 Å². The molecule has 0 aliphatic carbocycles. The zero-order valence-corrected chi connectivity index (χ0v) is 9.45. The second kappa shape index (κ2) is 4.39. The Morgan fingerprint density at radius 3 is 2.81 bits per heavy atom. The Balaban J connectivity index is 2.60. The van der Waals surface area contributed by atoms with Crippen molar-refractivity contribution in [2.24, 2.45) is 0 Å². The lowest BCUT2D eigenvalue weighted by Crippen LogP contribution is -2.08. The van der Waals surface area contributed by atoms with Gasteiger partial charge in [0.15, 0.2) is 5.43 Å². The molecule has 0 atom stereocenters. The van der Waals surface area contributed by atoms with Crippen LogP contribution in [0.5, 0.6) is 5.95 Å². The van der Waals surface area contributed by atoms with Crippen LogP contribution >= 0.6 is 0 Å². The second-order valence-corrected chi connectivity index (χ2v) is 3.69. The standard InChI is InChI=1S/C13H14O3/c1-3-8-15-13-9(2)12(14)10-6-4-5-7-11(10)16-13/h4-7H,3,8H2,1-2H3. The van der Waals surface area contributed by atoms with Gasteiger partial charge in [-0.1, -0.05) is 19.1 Å². The Hall–Kier alpha value is -1.77. The maximum absolute atomic E-state index is 12.0. The van der Waals surface area contributed by atoms with E-state index in [1.165, 1.54) is 0 Å². The molecule has 0 aliphatic heterocycles. The van der Waals surface area contributed by atoms with Crippen LogP contribution in [0.2, 0.25) is 0 Å². The zero-order chi connectivity index (χ0) is 11.5. The summed E-state index contributed by atoms with van der Waals surface area (Å²) in [5.74, 6) is 0.338. The lowest BCUT2D eigenvalue weighted by atomic mass is 10.2. The summed E-state index contributed by atoms with van der Waals surface area (Å²) in [6.07, 6.45) is 0.885. The number of hydrogen-bond acceptors (Lipinski definition) is 3. The molecule has 16 heavy (non-hydrogen) atoms. The van der Waals surface area contributed by atoms with E-state index in [0.717, 1.165) is 6.42 Å². The van der Waals surface area contributed by atoms with Gasteiger partial charge in [0.25, 0.3) is 5.95 Å². The predicted octanol–water partition coefficient (Wildman–Crippen LogP) is 2.89. The average Bonchev–Trinajstić information content (AvgIpc) is 2.32. The Bertz CT molecular complexity index is 555. The summed E-state index contributed by atoms with van der Waals surface area (Å²) in [5.41, 5.74) is 1.09. The van der Waals surface area contributed by atoms with E-state index in [0.29, 0.717) is 29.1 Å². The van der Waals surface area contributed by atoms with Gasteiger partial charge < -0.3 is 9.15 Å². The van der Waals surface area contributed by atoms with Crippen LogP contribution in [0, 0.1) is 6.92 Å². The molecule has 0 amide bonds. The van der Waals surface area contributed by atoms with Crippen molar-refractivity contribution in [1.29, 1.82) is 0 Å². The van der Waals surface area contributed by atoms with Gasteiger partial charge in [-0.3, -0.25) is 4.79 Å². The number of ether oxygens (including phenoxy) is 1. The van der Waals surface area contributed by atoms with Gasteiger partial charge in [0.2, 0.25) is 0 Å². The molecule has 1 aromatic carbocycles. The fourth-order valence-corrected chi connectivity index (χ4v) is 1.55. The topological polar surface area (TPSA) is 39.4 Å². The molecule has 3 nitrogen and oxygen atoms in total. The van der Waals surface area contributed by atoms with Crippen LogP contribution in [0.4, 0.5) is 0 Å². The lowest BCUT2D eigenvalue weighted by molar-refractivity contribution is 0.243. The van der Waals surface area contributed by atoms with Crippen LogP contribution in [-0.4, -0.2) is 6.61 Å². The first kappa shape index (κ1) is 10.7. The highest BCUT2D eigenvalue weighted by molar-refractivity contribution is 5.77. The monoisotopic (exact) mass is 218 g/mol. The SMILES string of the molecule is CCCOc1oc2ccccc2c(=O)c1C. The Kier molecular flexibility index (Phi) is 2.95. The summed E-state index contributed by atoms with van der Waals surface area (Å²) >= 11 is 0. The molecule has 3 heteroatoms. The molecule has 2 rings (SSSR count). The van der Waals surface area contributed by atoms with Crippen molar-refractivity contribution in [3.05, 3.63) is 40.1 Å². The minimum absolute atomic E-state index is 0.0204. The third-order valence-corrected chi connectivity index (χ3v) is 2.42. The highest BCUT2D eigenvalue weighted by Crippen LogP contribution is 2.21. The van der Waals surface area contributed by atoms with Crippen molar-refractivity contribution in [3.63, 3.8) is 0 Å². The highest BCUT2D eigenvalue weighted by atomic mass is 16.6. The van der Waals surface area contributed by atoms with Gasteiger partial charge in [0.05, 0.1) is 17.6 Å². The van der Waals surface area contributed by atoms with Crippen molar-refractivity contribution in [1.82, 2.24) is 0 Å². The molecule has 0 N–H and O–H groups in total. The van der Waals surface area contributed by atoms with Gasteiger partial charge in [0, 0.05) is 0 Å². The largest absolute Gasteiger partial charge is 0.465 e. The van der Waals surface area contributed by atoms with Gasteiger partial charge in [-0.2, -0.15) is 0 Å². The molecule has 0 aliphatic rings. The van der Waals surface area contributed by atoms with Crippen molar-refractivity contribution in [2.45, 2.75) is 20.3 Å². The van der Waals surface area contributed by atoms with E-state index in [2.05, 4.69) is 0 Å². The summed E-state index contributed by atoms with van der Waals surface area (Å²) < 4.78 is 11.0. The molecule has 1 heterocycles. The highest BCUT2D eigenvalue weighted by Gasteiger charge is 2.10. The smallest absolute Gasteiger partial charge is 0.291 e. The zero-order valence-electron chi connectivity index (χ0n) is 9.45. The summed E-state index contributed by atoms with van der Waals surface area (Å²) in [6, 6.07) is 7.20. The van der Waals surface area contributed by atoms with Gasteiger partial charge in [-0.05, 0) is 25.5 Å². The number of para-hydroxylation sites is 1. The molecule has 0 unspecified atom stereocenters. The van der Waals surface area contributed by atoms with Gasteiger partial charge >= 0.3 is 0 Å². The molecule has 0 fully saturated rings. The molecule has 1 aromatic heterocycles.